The molecular formula is C21H23NO6S. The van der Waals surface area contributed by atoms with E-state index in [1.165, 1.54) is 0 Å². The molecule has 0 aliphatic carbocycles. The molecule has 8 heteroatoms. The predicted octanol–water partition coefficient (Wildman–Crippen LogP) is 2.57. The summed E-state index contributed by atoms with van der Waals surface area (Å²) in [7, 11) is -3.03. The van der Waals surface area contributed by atoms with Crippen LogP contribution in [0.2, 0.25) is 0 Å². The van der Waals surface area contributed by atoms with Crippen molar-refractivity contribution >= 4 is 27.4 Å². The number of benzene rings is 2. The van der Waals surface area contributed by atoms with Crippen molar-refractivity contribution in [1.82, 2.24) is 0 Å². The normalized spacial score (nSPS) is 17.4. The Morgan fingerprint density at radius 1 is 1.03 bits per heavy atom. The maximum absolute atomic E-state index is 11.9. The average molecular weight is 417 g/mol. The van der Waals surface area contributed by atoms with Crippen molar-refractivity contribution in [1.29, 1.82) is 0 Å². The number of carbonyl (C=O) groups is 2. The van der Waals surface area contributed by atoms with Gasteiger partial charge >= 0.3 is 5.97 Å². The Balaban J connectivity index is 1.38. The fourth-order valence-corrected chi connectivity index (χ4v) is 4.91. The largest absolute Gasteiger partial charge is 0.489 e. The molecule has 1 heterocycles. The van der Waals surface area contributed by atoms with Crippen LogP contribution in [0.25, 0.3) is 0 Å². The highest BCUT2D eigenvalue weighted by Crippen LogP contribution is 2.22. The molecule has 1 fully saturated rings. The zero-order valence-electron chi connectivity index (χ0n) is 15.9. The SMILES string of the molecule is O=C(COC(=O)C[C@@H]1CCS(=O)(=O)C1)Nc1ccc(OCc2ccccc2)cc1. The molecule has 7 nitrogen and oxygen atoms in total. The van der Waals surface area contributed by atoms with E-state index in [9.17, 15) is 18.0 Å². The minimum absolute atomic E-state index is 0.00693. The van der Waals surface area contributed by atoms with Gasteiger partial charge in [-0.15, -0.1) is 0 Å². The van der Waals surface area contributed by atoms with E-state index in [4.69, 9.17) is 9.47 Å². The second-order valence-corrected chi connectivity index (χ2v) is 9.21. The predicted molar refractivity (Wildman–Crippen MR) is 108 cm³/mol. The van der Waals surface area contributed by atoms with Crippen molar-refractivity contribution in [2.24, 2.45) is 5.92 Å². The molecule has 0 saturated carbocycles. The fraction of sp³-hybridized carbons (Fsp3) is 0.333. The summed E-state index contributed by atoms with van der Waals surface area (Å²) < 4.78 is 33.4. The molecule has 1 atom stereocenters. The quantitative estimate of drug-likeness (QED) is 0.663. The first kappa shape index (κ1) is 20.9. The number of esters is 1. The molecule has 0 bridgehead atoms. The van der Waals surface area contributed by atoms with Crippen molar-refractivity contribution in [2.45, 2.75) is 19.4 Å². The lowest BCUT2D eigenvalue weighted by atomic mass is 10.1. The van der Waals surface area contributed by atoms with E-state index in [0.717, 1.165) is 5.56 Å². The molecule has 2 aromatic rings. The molecule has 1 N–H and O–H groups in total. The van der Waals surface area contributed by atoms with Gasteiger partial charge in [-0.1, -0.05) is 30.3 Å². The van der Waals surface area contributed by atoms with Gasteiger partial charge in [-0.25, -0.2) is 8.42 Å². The number of rotatable bonds is 8. The van der Waals surface area contributed by atoms with Crippen LogP contribution < -0.4 is 10.1 Å². The van der Waals surface area contributed by atoms with Gasteiger partial charge in [0.25, 0.3) is 5.91 Å². The molecule has 1 aliphatic heterocycles. The third-order valence-corrected chi connectivity index (χ3v) is 6.37. The number of hydrogen-bond acceptors (Lipinski definition) is 6. The first-order valence-electron chi connectivity index (χ1n) is 9.32. The van der Waals surface area contributed by atoms with Crippen molar-refractivity contribution < 1.29 is 27.5 Å². The minimum atomic E-state index is -3.03. The molecule has 1 aliphatic rings. The number of nitrogens with one attached hydrogen (secondary N) is 1. The Morgan fingerprint density at radius 3 is 2.41 bits per heavy atom. The number of sulfone groups is 1. The van der Waals surface area contributed by atoms with Crippen molar-refractivity contribution in [3.05, 3.63) is 60.2 Å². The average Bonchev–Trinajstić information content (AvgIpc) is 3.05. The van der Waals surface area contributed by atoms with Crippen LogP contribution in [0.3, 0.4) is 0 Å². The maximum Gasteiger partial charge on any atom is 0.306 e. The number of carbonyl (C=O) groups excluding carboxylic acids is 2. The lowest BCUT2D eigenvalue weighted by Gasteiger charge is -2.10. The Morgan fingerprint density at radius 2 is 1.76 bits per heavy atom. The molecular weight excluding hydrogens is 394 g/mol. The molecule has 0 spiro atoms. The van der Waals surface area contributed by atoms with Crippen molar-refractivity contribution in [2.75, 3.05) is 23.4 Å². The summed E-state index contributed by atoms with van der Waals surface area (Å²) in [5, 5.41) is 2.64. The van der Waals surface area contributed by atoms with Crippen LogP contribution >= 0.6 is 0 Å². The second-order valence-electron chi connectivity index (χ2n) is 6.98. The fourth-order valence-electron chi connectivity index (χ4n) is 3.05. The molecule has 0 aromatic heterocycles. The molecule has 2 aromatic carbocycles. The molecule has 3 rings (SSSR count). The molecule has 29 heavy (non-hydrogen) atoms. The number of anilines is 1. The Bertz CT molecular complexity index is 941. The lowest BCUT2D eigenvalue weighted by molar-refractivity contribution is -0.148. The van der Waals surface area contributed by atoms with E-state index in [1.807, 2.05) is 30.3 Å². The van der Waals surface area contributed by atoms with Gasteiger partial charge in [0, 0.05) is 12.1 Å². The van der Waals surface area contributed by atoms with E-state index in [0.29, 0.717) is 24.5 Å². The van der Waals surface area contributed by atoms with Crippen LogP contribution in [0.1, 0.15) is 18.4 Å². The van der Waals surface area contributed by atoms with Crippen LogP contribution in [0.15, 0.2) is 54.6 Å². The minimum Gasteiger partial charge on any atom is -0.489 e. The van der Waals surface area contributed by atoms with Gasteiger partial charge in [-0.05, 0) is 42.2 Å². The highest BCUT2D eigenvalue weighted by molar-refractivity contribution is 7.91. The number of ether oxygens (including phenoxy) is 2. The summed E-state index contributed by atoms with van der Waals surface area (Å²) in [6.07, 6.45) is 0.474. The topological polar surface area (TPSA) is 98.8 Å². The Labute approximate surface area is 169 Å². The van der Waals surface area contributed by atoms with Gasteiger partial charge < -0.3 is 14.8 Å². The summed E-state index contributed by atoms with van der Waals surface area (Å²) in [4.78, 5) is 23.7. The Kier molecular flexibility index (Phi) is 6.87. The lowest BCUT2D eigenvalue weighted by Crippen LogP contribution is -2.22. The van der Waals surface area contributed by atoms with E-state index >= 15 is 0 Å². The van der Waals surface area contributed by atoms with Crippen LogP contribution in [0.4, 0.5) is 5.69 Å². The maximum atomic E-state index is 11.9. The smallest absolute Gasteiger partial charge is 0.306 e. The monoisotopic (exact) mass is 417 g/mol. The molecule has 0 unspecified atom stereocenters. The Hall–Kier alpha value is -2.87. The van der Waals surface area contributed by atoms with Crippen LogP contribution in [-0.2, 0) is 30.8 Å². The molecule has 1 saturated heterocycles. The zero-order chi connectivity index (χ0) is 20.7. The van der Waals surface area contributed by atoms with E-state index in [1.54, 1.807) is 24.3 Å². The molecule has 1 amide bonds. The van der Waals surface area contributed by atoms with E-state index in [2.05, 4.69) is 5.32 Å². The van der Waals surface area contributed by atoms with Gasteiger partial charge in [0.15, 0.2) is 16.4 Å². The molecule has 0 radical (unpaired) electrons. The van der Waals surface area contributed by atoms with Crippen LogP contribution in [0, 0.1) is 5.92 Å². The summed E-state index contributed by atoms with van der Waals surface area (Å²) in [6, 6.07) is 16.7. The zero-order valence-corrected chi connectivity index (χ0v) is 16.7. The summed E-state index contributed by atoms with van der Waals surface area (Å²) in [6.45, 7) is 0.0371. The number of amides is 1. The first-order valence-corrected chi connectivity index (χ1v) is 11.1. The van der Waals surface area contributed by atoms with Gasteiger partial charge in [0.1, 0.15) is 12.4 Å². The van der Waals surface area contributed by atoms with Gasteiger partial charge in [-0.3, -0.25) is 9.59 Å². The van der Waals surface area contributed by atoms with E-state index < -0.39 is 28.3 Å². The van der Waals surface area contributed by atoms with Crippen molar-refractivity contribution in [3.63, 3.8) is 0 Å². The number of hydrogen-bond donors (Lipinski definition) is 1. The standard InChI is InChI=1S/C21H23NO6S/c23-20(14-28-21(24)12-17-10-11-29(25,26)15-17)22-18-6-8-19(9-7-18)27-13-16-4-2-1-3-5-16/h1-9,17H,10-15H2,(H,22,23)/t17-/m0/s1. The van der Waals surface area contributed by atoms with Crippen molar-refractivity contribution in [3.8, 4) is 5.75 Å². The highest BCUT2D eigenvalue weighted by Gasteiger charge is 2.29. The highest BCUT2D eigenvalue weighted by atomic mass is 32.2. The second kappa shape index (κ2) is 9.56. The van der Waals surface area contributed by atoms with Gasteiger partial charge in [-0.2, -0.15) is 0 Å². The first-order chi connectivity index (χ1) is 13.9. The third kappa shape index (κ3) is 6.90. The molecule has 154 valence electrons. The summed E-state index contributed by atoms with van der Waals surface area (Å²) in [5.74, 6) is -0.463. The van der Waals surface area contributed by atoms with Gasteiger partial charge in [0.05, 0.1) is 11.5 Å². The third-order valence-electron chi connectivity index (χ3n) is 4.53. The summed E-state index contributed by atoms with van der Waals surface area (Å²) >= 11 is 0. The van der Waals surface area contributed by atoms with E-state index in [-0.39, 0.29) is 23.8 Å². The van der Waals surface area contributed by atoms with Crippen LogP contribution in [-0.4, -0.2) is 38.4 Å². The van der Waals surface area contributed by atoms with Gasteiger partial charge in [0.2, 0.25) is 0 Å². The van der Waals surface area contributed by atoms with Crippen LogP contribution in [0.5, 0.6) is 5.75 Å². The summed E-state index contributed by atoms with van der Waals surface area (Å²) in [5.41, 5.74) is 1.61.